The van der Waals surface area contributed by atoms with Crippen molar-refractivity contribution in [2.75, 3.05) is 6.26 Å². The zero-order valence-electron chi connectivity index (χ0n) is 7.68. The van der Waals surface area contributed by atoms with E-state index < -0.39 is 5.25 Å². The van der Waals surface area contributed by atoms with Gasteiger partial charge in [-0.25, -0.2) is 0 Å². The predicted molar refractivity (Wildman–Crippen MR) is 53.3 cm³/mol. The summed E-state index contributed by atoms with van der Waals surface area (Å²) in [6.07, 6.45) is 1.24. The van der Waals surface area contributed by atoms with Crippen LogP contribution in [0.4, 0.5) is 8.78 Å². The second kappa shape index (κ2) is 4.09. The topological polar surface area (TPSA) is 0 Å². The van der Waals surface area contributed by atoms with E-state index in [1.165, 1.54) is 6.26 Å². The average Bonchev–Trinajstić information content (AvgIpc) is 2.09. The fourth-order valence-electron chi connectivity index (χ4n) is 1.02. The van der Waals surface area contributed by atoms with Gasteiger partial charge in [0.05, 0.1) is 0 Å². The van der Waals surface area contributed by atoms with Crippen LogP contribution in [0, 0.1) is 6.92 Å². The second-order valence-electron chi connectivity index (χ2n) is 3.00. The first-order valence-corrected chi connectivity index (χ1v) is 5.24. The van der Waals surface area contributed by atoms with E-state index >= 15 is 0 Å². The molecule has 0 spiro atoms. The SMILES string of the molecule is CSC(F)(F)Cc1ccc(C)cc1. The molecule has 0 saturated carbocycles. The Morgan fingerprint density at radius 2 is 1.77 bits per heavy atom. The summed E-state index contributed by atoms with van der Waals surface area (Å²) in [6, 6.07) is 7.20. The maximum atomic E-state index is 12.9. The minimum atomic E-state index is -2.64. The molecule has 0 aliphatic heterocycles. The van der Waals surface area contributed by atoms with Gasteiger partial charge in [-0.05, 0) is 18.7 Å². The smallest absolute Gasteiger partial charge is 0.194 e. The van der Waals surface area contributed by atoms with Gasteiger partial charge in [0.1, 0.15) is 0 Å². The molecule has 0 bridgehead atoms. The van der Waals surface area contributed by atoms with Crippen molar-refractivity contribution in [3.8, 4) is 0 Å². The molecule has 1 aromatic carbocycles. The van der Waals surface area contributed by atoms with Crippen LogP contribution in [-0.2, 0) is 6.42 Å². The monoisotopic (exact) mass is 202 g/mol. The maximum absolute atomic E-state index is 12.9. The number of benzene rings is 1. The summed E-state index contributed by atoms with van der Waals surface area (Å²) in [4.78, 5) is 0. The van der Waals surface area contributed by atoms with Crippen molar-refractivity contribution >= 4 is 11.8 Å². The van der Waals surface area contributed by atoms with Crippen LogP contribution in [0.3, 0.4) is 0 Å². The van der Waals surface area contributed by atoms with E-state index in [-0.39, 0.29) is 6.42 Å². The van der Waals surface area contributed by atoms with Gasteiger partial charge < -0.3 is 0 Å². The Labute approximate surface area is 81.3 Å². The number of rotatable bonds is 3. The molecule has 0 fully saturated rings. The lowest BCUT2D eigenvalue weighted by Gasteiger charge is -2.12. The maximum Gasteiger partial charge on any atom is 0.297 e. The first-order valence-electron chi connectivity index (χ1n) is 4.02. The molecule has 0 N–H and O–H groups in total. The zero-order chi connectivity index (χ0) is 9.90. The third-order valence-corrected chi connectivity index (χ3v) is 2.57. The Morgan fingerprint density at radius 3 is 2.23 bits per heavy atom. The van der Waals surface area contributed by atoms with Crippen LogP contribution in [0.5, 0.6) is 0 Å². The van der Waals surface area contributed by atoms with Gasteiger partial charge >= 0.3 is 0 Å². The van der Waals surface area contributed by atoms with Crippen LogP contribution in [-0.4, -0.2) is 11.5 Å². The van der Waals surface area contributed by atoms with Crippen LogP contribution in [0.2, 0.25) is 0 Å². The van der Waals surface area contributed by atoms with Crippen molar-refractivity contribution < 1.29 is 8.78 Å². The Hall–Kier alpha value is -0.570. The van der Waals surface area contributed by atoms with Gasteiger partial charge in [0.25, 0.3) is 5.25 Å². The fourth-order valence-corrected chi connectivity index (χ4v) is 1.33. The van der Waals surface area contributed by atoms with Crippen molar-refractivity contribution in [3.05, 3.63) is 35.4 Å². The molecule has 0 atom stereocenters. The van der Waals surface area contributed by atoms with Crippen LogP contribution in [0.25, 0.3) is 0 Å². The van der Waals surface area contributed by atoms with Crippen LogP contribution in [0.1, 0.15) is 11.1 Å². The molecule has 1 aromatic rings. The summed E-state index contributed by atoms with van der Waals surface area (Å²) in [5.41, 5.74) is 1.78. The summed E-state index contributed by atoms with van der Waals surface area (Å²) in [5.74, 6) is 0. The molecule has 72 valence electrons. The molecular weight excluding hydrogens is 190 g/mol. The van der Waals surface area contributed by atoms with Gasteiger partial charge in [0.15, 0.2) is 0 Å². The van der Waals surface area contributed by atoms with E-state index in [0.29, 0.717) is 17.3 Å². The molecule has 0 saturated heterocycles. The summed E-state index contributed by atoms with van der Waals surface area (Å²) >= 11 is 0.593. The lowest BCUT2D eigenvalue weighted by molar-refractivity contribution is 0.107. The summed E-state index contributed by atoms with van der Waals surface area (Å²) in [6.45, 7) is 1.94. The van der Waals surface area contributed by atoms with Crippen LogP contribution in [0.15, 0.2) is 24.3 Å². The van der Waals surface area contributed by atoms with E-state index in [1.807, 2.05) is 19.1 Å². The third-order valence-electron chi connectivity index (χ3n) is 1.83. The van der Waals surface area contributed by atoms with Crippen molar-refractivity contribution in [1.29, 1.82) is 0 Å². The second-order valence-corrected chi connectivity index (χ2v) is 4.01. The molecule has 0 aliphatic rings. The molecular formula is C10H12F2S. The average molecular weight is 202 g/mol. The summed E-state index contributed by atoms with van der Waals surface area (Å²) < 4.78 is 25.8. The van der Waals surface area contributed by atoms with Crippen molar-refractivity contribution in [2.24, 2.45) is 0 Å². The fraction of sp³-hybridized carbons (Fsp3) is 0.400. The minimum absolute atomic E-state index is 0.186. The highest BCUT2D eigenvalue weighted by Crippen LogP contribution is 2.30. The van der Waals surface area contributed by atoms with Gasteiger partial charge in [-0.2, -0.15) is 8.78 Å². The highest BCUT2D eigenvalue weighted by Gasteiger charge is 2.27. The standard InChI is InChI=1S/C10H12F2S/c1-8-3-5-9(6-4-8)7-10(11,12)13-2/h3-6H,7H2,1-2H3. The summed E-state index contributed by atoms with van der Waals surface area (Å²) in [7, 11) is 0. The van der Waals surface area contributed by atoms with Crippen LogP contribution >= 0.6 is 11.8 Å². The largest absolute Gasteiger partial charge is 0.297 e. The van der Waals surface area contributed by atoms with E-state index in [1.54, 1.807) is 12.1 Å². The van der Waals surface area contributed by atoms with E-state index in [0.717, 1.165) is 5.56 Å². The first kappa shape index (κ1) is 10.5. The molecule has 0 nitrogen and oxygen atoms in total. The Morgan fingerprint density at radius 1 is 1.23 bits per heavy atom. The van der Waals surface area contributed by atoms with Gasteiger partial charge in [0.2, 0.25) is 0 Å². The molecule has 1 rings (SSSR count). The molecule has 0 aromatic heterocycles. The number of hydrogen-bond donors (Lipinski definition) is 0. The van der Waals surface area contributed by atoms with Gasteiger partial charge in [-0.1, -0.05) is 41.6 Å². The van der Waals surface area contributed by atoms with E-state index in [4.69, 9.17) is 0 Å². The Bertz CT molecular complexity index is 267. The van der Waals surface area contributed by atoms with Crippen molar-refractivity contribution in [1.82, 2.24) is 0 Å². The highest BCUT2D eigenvalue weighted by atomic mass is 32.2. The normalized spacial score (nSPS) is 11.7. The van der Waals surface area contributed by atoms with Gasteiger partial charge in [-0.15, -0.1) is 0 Å². The predicted octanol–water partition coefficient (Wildman–Crippen LogP) is 3.49. The molecule has 0 heterocycles. The molecule has 0 amide bonds. The Kier molecular flexibility index (Phi) is 3.31. The lowest BCUT2D eigenvalue weighted by atomic mass is 10.1. The molecule has 0 aliphatic carbocycles. The number of halogens is 2. The lowest BCUT2D eigenvalue weighted by Crippen LogP contribution is -2.13. The highest BCUT2D eigenvalue weighted by molar-refractivity contribution is 7.99. The van der Waals surface area contributed by atoms with Gasteiger partial charge in [-0.3, -0.25) is 0 Å². The number of alkyl halides is 2. The van der Waals surface area contributed by atoms with Gasteiger partial charge in [0, 0.05) is 6.42 Å². The quantitative estimate of drug-likeness (QED) is 0.723. The number of thioether (sulfide) groups is 1. The van der Waals surface area contributed by atoms with Crippen LogP contribution < -0.4 is 0 Å². The third kappa shape index (κ3) is 3.35. The minimum Gasteiger partial charge on any atom is -0.194 e. The zero-order valence-corrected chi connectivity index (χ0v) is 8.50. The summed E-state index contributed by atoms with van der Waals surface area (Å²) in [5, 5.41) is -2.64. The Balaban J connectivity index is 2.69. The molecule has 3 heteroatoms. The van der Waals surface area contributed by atoms with E-state index in [9.17, 15) is 8.78 Å². The number of hydrogen-bond acceptors (Lipinski definition) is 1. The number of aryl methyl sites for hydroxylation is 1. The first-order chi connectivity index (χ1) is 6.03. The molecule has 0 radical (unpaired) electrons. The van der Waals surface area contributed by atoms with Crippen molar-refractivity contribution in [2.45, 2.75) is 18.6 Å². The van der Waals surface area contributed by atoms with E-state index in [2.05, 4.69) is 0 Å². The van der Waals surface area contributed by atoms with Crippen molar-refractivity contribution in [3.63, 3.8) is 0 Å². The molecule has 0 unspecified atom stereocenters. The molecule has 13 heavy (non-hydrogen) atoms.